The van der Waals surface area contributed by atoms with E-state index in [9.17, 15) is 22.0 Å². The SMILES string of the molecule is C[C@H]1CNC[C@H](CCc2c(F)cccc2NC(=O)[C@@H](N)C2(c3ccc(F)c(F)c3)CCOCC2)N1S(=O)(=O)c1ccccc1. The van der Waals surface area contributed by atoms with Gasteiger partial charge in [-0.05, 0) is 74.6 Å². The van der Waals surface area contributed by atoms with Crippen LogP contribution in [0.15, 0.2) is 71.6 Å². The smallest absolute Gasteiger partial charge is 0.243 e. The first-order valence-electron chi connectivity index (χ1n) is 14.7. The molecule has 3 atom stereocenters. The van der Waals surface area contributed by atoms with E-state index < -0.39 is 50.9 Å². The quantitative estimate of drug-likeness (QED) is 0.328. The van der Waals surface area contributed by atoms with Gasteiger partial charge in [0.1, 0.15) is 5.82 Å². The number of halogens is 3. The molecule has 0 unspecified atom stereocenters. The highest BCUT2D eigenvalue weighted by molar-refractivity contribution is 7.89. The summed E-state index contributed by atoms with van der Waals surface area (Å²) < 4.78 is 77.5. The van der Waals surface area contributed by atoms with Crippen molar-refractivity contribution in [3.05, 3.63) is 95.3 Å². The Balaban J connectivity index is 1.37. The van der Waals surface area contributed by atoms with E-state index in [-0.39, 0.29) is 48.2 Å². The minimum atomic E-state index is -3.81. The molecule has 8 nitrogen and oxygen atoms in total. The molecule has 3 aromatic carbocycles. The van der Waals surface area contributed by atoms with Crippen LogP contribution < -0.4 is 16.4 Å². The Hall–Kier alpha value is -3.29. The van der Waals surface area contributed by atoms with E-state index in [4.69, 9.17) is 10.5 Å². The maximum Gasteiger partial charge on any atom is 0.243 e. The van der Waals surface area contributed by atoms with E-state index in [0.29, 0.717) is 31.5 Å². The lowest BCUT2D eigenvalue weighted by molar-refractivity contribution is -0.120. The number of nitrogens with two attached hydrogens (primary N) is 1. The molecule has 2 fully saturated rings. The number of nitrogens with one attached hydrogen (secondary N) is 2. The van der Waals surface area contributed by atoms with Gasteiger partial charge in [-0.15, -0.1) is 0 Å². The second-order valence-electron chi connectivity index (χ2n) is 11.5. The maximum absolute atomic E-state index is 15.3. The maximum atomic E-state index is 15.3. The lowest BCUT2D eigenvalue weighted by Gasteiger charge is -2.41. The summed E-state index contributed by atoms with van der Waals surface area (Å²) in [5.74, 6) is -3.20. The van der Waals surface area contributed by atoms with Crippen molar-refractivity contribution in [2.45, 2.75) is 61.0 Å². The van der Waals surface area contributed by atoms with Crippen molar-refractivity contribution in [2.75, 3.05) is 31.6 Å². The van der Waals surface area contributed by atoms with Crippen molar-refractivity contribution >= 4 is 21.6 Å². The van der Waals surface area contributed by atoms with E-state index in [1.807, 2.05) is 6.92 Å². The van der Waals surface area contributed by atoms with Gasteiger partial charge in [0.15, 0.2) is 11.6 Å². The summed E-state index contributed by atoms with van der Waals surface area (Å²) in [6.07, 6.45) is 1.04. The number of carbonyl (C=O) groups is 1. The number of hydrogen-bond donors (Lipinski definition) is 3. The summed E-state index contributed by atoms with van der Waals surface area (Å²) >= 11 is 0. The van der Waals surface area contributed by atoms with E-state index >= 15 is 4.39 Å². The molecule has 2 aliphatic heterocycles. The van der Waals surface area contributed by atoms with Gasteiger partial charge in [-0.3, -0.25) is 4.79 Å². The van der Waals surface area contributed by atoms with Gasteiger partial charge in [-0.25, -0.2) is 21.6 Å². The Labute approximate surface area is 255 Å². The number of hydrogen-bond acceptors (Lipinski definition) is 6. The van der Waals surface area contributed by atoms with Crippen molar-refractivity contribution in [2.24, 2.45) is 5.73 Å². The monoisotopic (exact) mass is 630 g/mol. The number of rotatable bonds is 9. The van der Waals surface area contributed by atoms with E-state index in [1.54, 1.807) is 36.4 Å². The molecule has 2 heterocycles. The average molecular weight is 631 g/mol. The first kappa shape index (κ1) is 32.1. The van der Waals surface area contributed by atoms with Gasteiger partial charge in [0.25, 0.3) is 0 Å². The Morgan fingerprint density at radius 3 is 2.45 bits per heavy atom. The van der Waals surface area contributed by atoms with Crippen molar-refractivity contribution in [3.63, 3.8) is 0 Å². The van der Waals surface area contributed by atoms with E-state index in [1.165, 1.54) is 22.5 Å². The normalized spacial score (nSPS) is 21.5. The highest BCUT2D eigenvalue weighted by Crippen LogP contribution is 2.39. The summed E-state index contributed by atoms with van der Waals surface area (Å²) in [5, 5.41) is 6.04. The molecule has 0 radical (unpaired) electrons. The van der Waals surface area contributed by atoms with Gasteiger partial charge in [0.05, 0.1) is 10.9 Å². The van der Waals surface area contributed by atoms with Crippen molar-refractivity contribution in [3.8, 4) is 0 Å². The largest absolute Gasteiger partial charge is 0.381 e. The topological polar surface area (TPSA) is 114 Å². The van der Waals surface area contributed by atoms with Crippen LogP contribution in [0.25, 0.3) is 0 Å². The predicted molar refractivity (Wildman–Crippen MR) is 161 cm³/mol. The number of sulfonamides is 1. The fourth-order valence-corrected chi connectivity index (χ4v) is 8.26. The first-order valence-corrected chi connectivity index (χ1v) is 16.1. The molecule has 3 aromatic rings. The molecule has 2 saturated heterocycles. The van der Waals surface area contributed by atoms with E-state index in [2.05, 4.69) is 10.6 Å². The third kappa shape index (κ3) is 6.40. The second-order valence-corrected chi connectivity index (χ2v) is 13.3. The lowest BCUT2D eigenvalue weighted by atomic mass is 9.68. The Morgan fingerprint density at radius 2 is 1.75 bits per heavy atom. The Bertz CT molecular complexity index is 1590. The number of anilines is 1. The summed E-state index contributed by atoms with van der Waals surface area (Å²) in [4.78, 5) is 13.8. The molecule has 0 aliphatic carbocycles. The Morgan fingerprint density at radius 1 is 1.02 bits per heavy atom. The highest BCUT2D eigenvalue weighted by Gasteiger charge is 2.44. The zero-order valence-corrected chi connectivity index (χ0v) is 25.3. The molecule has 1 amide bonds. The third-order valence-corrected chi connectivity index (χ3v) is 10.9. The second kappa shape index (κ2) is 13.4. The van der Waals surface area contributed by atoms with Gasteiger partial charge in [0.2, 0.25) is 15.9 Å². The number of ether oxygens (including phenoxy) is 1. The van der Waals surface area contributed by atoms with Crippen LogP contribution in [-0.4, -0.2) is 63.1 Å². The number of carbonyl (C=O) groups excluding carboxylic acids is 1. The van der Waals surface area contributed by atoms with Crippen molar-refractivity contribution in [1.82, 2.24) is 9.62 Å². The van der Waals surface area contributed by atoms with Crippen molar-refractivity contribution < 1.29 is 31.1 Å². The van der Waals surface area contributed by atoms with Gasteiger partial charge in [0, 0.05) is 55.1 Å². The van der Waals surface area contributed by atoms with Crippen molar-refractivity contribution in [1.29, 1.82) is 0 Å². The van der Waals surface area contributed by atoms with Gasteiger partial charge < -0.3 is 21.1 Å². The molecule has 0 aromatic heterocycles. The Kier molecular flexibility index (Phi) is 9.76. The zero-order chi connectivity index (χ0) is 31.5. The molecule has 236 valence electrons. The summed E-state index contributed by atoms with van der Waals surface area (Å²) in [6.45, 7) is 3.25. The number of amides is 1. The molecule has 0 spiro atoms. The highest BCUT2D eigenvalue weighted by atomic mass is 32.2. The van der Waals surface area contributed by atoms with Crippen LogP contribution >= 0.6 is 0 Å². The van der Waals surface area contributed by atoms with E-state index in [0.717, 1.165) is 12.1 Å². The number of nitrogens with zero attached hydrogens (tertiary/aromatic N) is 1. The van der Waals surface area contributed by atoms with Gasteiger partial charge in [-0.1, -0.05) is 30.3 Å². The molecular formula is C32H37F3N4O4S. The molecule has 12 heteroatoms. The molecule has 0 saturated carbocycles. The van der Waals surface area contributed by atoms with Crippen LogP contribution in [0.5, 0.6) is 0 Å². The van der Waals surface area contributed by atoms with Crippen LogP contribution in [-0.2, 0) is 31.4 Å². The van der Waals surface area contributed by atoms with Gasteiger partial charge in [-0.2, -0.15) is 4.31 Å². The molecule has 5 rings (SSSR count). The molecule has 2 aliphatic rings. The van der Waals surface area contributed by atoms with Crippen LogP contribution in [0.2, 0.25) is 0 Å². The lowest BCUT2D eigenvalue weighted by Crippen LogP contribution is -2.58. The molecule has 4 N–H and O–H groups in total. The minimum Gasteiger partial charge on any atom is -0.381 e. The predicted octanol–water partition coefficient (Wildman–Crippen LogP) is 4.10. The van der Waals surface area contributed by atoms with Crippen LogP contribution in [0.1, 0.15) is 37.3 Å². The minimum absolute atomic E-state index is 0.138. The van der Waals surface area contributed by atoms with Crippen LogP contribution in [0.4, 0.5) is 18.9 Å². The molecule has 44 heavy (non-hydrogen) atoms. The fraction of sp³-hybridized carbons (Fsp3) is 0.406. The third-order valence-electron chi connectivity index (χ3n) is 8.79. The summed E-state index contributed by atoms with van der Waals surface area (Å²) in [6, 6.07) is 14.1. The fourth-order valence-electron chi connectivity index (χ4n) is 6.40. The number of benzene rings is 3. The van der Waals surface area contributed by atoms with Crippen LogP contribution in [0, 0.1) is 17.5 Å². The average Bonchev–Trinajstić information content (AvgIpc) is 3.02. The molecule has 0 bridgehead atoms. The van der Waals surface area contributed by atoms with Crippen LogP contribution in [0.3, 0.4) is 0 Å². The summed E-state index contributed by atoms with van der Waals surface area (Å²) in [7, 11) is -3.81. The zero-order valence-electron chi connectivity index (χ0n) is 24.4. The summed E-state index contributed by atoms with van der Waals surface area (Å²) in [5.41, 5.74) is 6.35. The van der Waals surface area contributed by atoms with Gasteiger partial charge >= 0.3 is 0 Å². The number of piperazine rings is 1. The standard InChI is InChI=1S/C32H37F3N4O4S/c1-21-19-37-20-23(39(21)44(41,42)24-6-3-2-4-7-24)11-12-25-26(33)8-5-9-29(25)38-31(40)30(36)32(14-16-43-17-15-32)22-10-13-27(34)28(35)18-22/h2-10,13,18,21,23,30,37H,11-12,14-17,19-20,36H2,1H3,(H,38,40)/t21-,23-,30+/m0/s1. The molecular weight excluding hydrogens is 593 g/mol. The first-order chi connectivity index (χ1) is 21.0.